The van der Waals surface area contributed by atoms with Gasteiger partial charge in [-0.3, -0.25) is 4.31 Å². The van der Waals surface area contributed by atoms with Crippen molar-refractivity contribution in [2.24, 2.45) is 11.3 Å². The molecule has 0 aromatic heterocycles. The lowest BCUT2D eigenvalue weighted by atomic mass is 9.92. The smallest absolute Gasteiger partial charge is 0.0110 e. The number of hydrogen-bond donors (Lipinski definition) is 1. The van der Waals surface area contributed by atoms with Crippen LogP contribution in [0.4, 0.5) is 0 Å². The van der Waals surface area contributed by atoms with E-state index in [0.29, 0.717) is 11.3 Å². The molecule has 1 nitrogen and oxygen atoms in total. The van der Waals surface area contributed by atoms with Gasteiger partial charge in [-0.2, -0.15) is 0 Å². The maximum Gasteiger partial charge on any atom is 0.0110 e. The van der Waals surface area contributed by atoms with Gasteiger partial charge in [-0.05, 0) is 17.8 Å². The molecule has 0 bridgehead atoms. The van der Waals surface area contributed by atoms with Crippen LogP contribution in [0.2, 0.25) is 0 Å². The van der Waals surface area contributed by atoms with Crippen LogP contribution >= 0.6 is 12.8 Å². The van der Waals surface area contributed by atoms with Crippen LogP contribution in [0.15, 0.2) is 0 Å². The Morgan fingerprint density at radius 1 is 1.25 bits per heavy atom. The summed E-state index contributed by atoms with van der Waals surface area (Å²) in [7, 11) is 0. The average molecular weight is 189 g/mol. The topological polar surface area (TPSA) is 3.24 Å². The Balaban J connectivity index is 3.51. The molecule has 0 N–H and O–H groups in total. The van der Waals surface area contributed by atoms with Crippen molar-refractivity contribution >= 4 is 12.8 Å². The van der Waals surface area contributed by atoms with Crippen LogP contribution in [0.5, 0.6) is 0 Å². The molecule has 0 aliphatic carbocycles. The average Bonchev–Trinajstić information content (AvgIpc) is 1.80. The van der Waals surface area contributed by atoms with E-state index in [4.69, 9.17) is 0 Å². The van der Waals surface area contributed by atoms with Crippen LogP contribution < -0.4 is 0 Å². The van der Waals surface area contributed by atoms with E-state index in [1.54, 1.807) is 0 Å². The number of thiol groups is 1. The first-order valence-electron chi connectivity index (χ1n) is 4.75. The van der Waals surface area contributed by atoms with Crippen molar-refractivity contribution in [3.05, 3.63) is 0 Å². The highest BCUT2D eigenvalue weighted by atomic mass is 32.1. The lowest BCUT2D eigenvalue weighted by Crippen LogP contribution is -2.22. The fraction of sp³-hybridized carbons (Fsp3) is 1.00. The standard InChI is InChI=1S/C10H23NS/c1-9(2)8-11(12)7-6-10(3,4)5/h9,12H,6-8H2,1-5H3. The summed E-state index contributed by atoms with van der Waals surface area (Å²) in [6.45, 7) is 13.4. The van der Waals surface area contributed by atoms with E-state index < -0.39 is 0 Å². The predicted molar refractivity (Wildman–Crippen MR) is 59.5 cm³/mol. The van der Waals surface area contributed by atoms with Crippen LogP contribution in [0.3, 0.4) is 0 Å². The zero-order valence-corrected chi connectivity index (χ0v) is 9.99. The Bertz CT molecular complexity index is 115. The predicted octanol–water partition coefficient (Wildman–Crippen LogP) is 3.23. The number of rotatable bonds is 4. The molecule has 12 heavy (non-hydrogen) atoms. The molecule has 0 saturated heterocycles. The largest absolute Gasteiger partial charge is 0.253 e. The molecule has 0 rings (SSSR count). The van der Waals surface area contributed by atoms with Gasteiger partial charge in [-0.25, -0.2) is 0 Å². The number of nitrogens with zero attached hydrogens (tertiary/aromatic N) is 1. The molecule has 0 aliphatic heterocycles. The normalized spacial score (nSPS) is 13.0. The maximum atomic E-state index is 4.41. The molecule has 0 heterocycles. The Kier molecular flexibility index (Phi) is 5.26. The van der Waals surface area contributed by atoms with Gasteiger partial charge in [0.15, 0.2) is 0 Å². The fourth-order valence-corrected chi connectivity index (χ4v) is 1.40. The first-order chi connectivity index (χ1) is 5.31. The van der Waals surface area contributed by atoms with Gasteiger partial charge in [-0.1, -0.05) is 47.4 Å². The monoisotopic (exact) mass is 189 g/mol. The third-order valence-corrected chi connectivity index (χ3v) is 2.06. The lowest BCUT2D eigenvalue weighted by molar-refractivity contribution is 0.311. The third-order valence-electron chi connectivity index (χ3n) is 1.70. The Morgan fingerprint density at radius 3 is 2.08 bits per heavy atom. The molecule has 0 amide bonds. The van der Waals surface area contributed by atoms with Crippen molar-refractivity contribution in [3.63, 3.8) is 0 Å². The number of hydrogen-bond acceptors (Lipinski definition) is 2. The van der Waals surface area contributed by atoms with Crippen LogP contribution in [0.25, 0.3) is 0 Å². The van der Waals surface area contributed by atoms with E-state index in [2.05, 4.69) is 51.7 Å². The van der Waals surface area contributed by atoms with Gasteiger partial charge in [0.1, 0.15) is 0 Å². The molecule has 0 aromatic carbocycles. The third kappa shape index (κ3) is 8.41. The molecule has 74 valence electrons. The summed E-state index contributed by atoms with van der Waals surface area (Å²) in [5.74, 6) is 0.711. The minimum Gasteiger partial charge on any atom is -0.253 e. The summed E-state index contributed by atoms with van der Waals surface area (Å²) in [5.41, 5.74) is 0.429. The highest BCUT2D eigenvalue weighted by Crippen LogP contribution is 2.19. The Hall–Kier alpha value is 0.310. The summed E-state index contributed by atoms with van der Waals surface area (Å²) < 4.78 is 2.12. The quantitative estimate of drug-likeness (QED) is 0.665. The van der Waals surface area contributed by atoms with Gasteiger partial charge in [0.05, 0.1) is 0 Å². The van der Waals surface area contributed by atoms with Crippen molar-refractivity contribution < 1.29 is 0 Å². The molecule has 0 fully saturated rings. The molecule has 0 aliphatic rings. The SMILES string of the molecule is CC(C)CN(S)CCC(C)(C)C. The highest BCUT2D eigenvalue weighted by Gasteiger charge is 2.11. The van der Waals surface area contributed by atoms with E-state index in [9.17, 15) is 0 Å². The van der Waals surface area contributed by atoms with Crippen molar-refractivity contribution in [3.8, 4) is 0 Å². The zero-order chi connectivity index (χ0) is 9.78. The summed E-state index contributed by atoms with van der Waals surface area (Å²) in [6.07, 6.45) is 1.21. The molecule has 0 spiro atoms. The summed E-state index contributed by atoms with van der Waals surface area (Å²) >= 11 is 4.41. The van der Waals surface area contributed by atoms with Crippen molar-refractivity contribution in [1.29, 1.82) is 0 Å². The Morgan fingerprint density at radius 2 is 1.75 bits per heavy atom. The van der Waals surface area contributed by atoms with Crippen LogP contribution in [0.1, 0.15) is 41.0 Å². The molecule has 0 radical (unpaired) electrons. The van der Waals surface area contributed by atoms with Crippen molar-refractivity contribution in [1.82, 2.24) is 4.31 Å². The maximum absolute atomic E-state index is 4.41. The van der Waals surface area contributed by atoms with Gasteiger partial charge in [0.2, 0.25) is 0 Å². The molecular formula is C10H23NS. The van der Waals surface area contributed by atoms with Crippen molar-refractivity contribution in [2.45, 2.75) is 41.0 Å². The van der Waals surface area contributed by atoms with Crippen LogP contribution in [-0.4, -0.2) is 17.4 Å². The molecule has 2 heteroatoms. The summed E-state index contributed by atoms with van der Waals surface area (Å²) in [5, 5.41) is 0. The second-order valence-corrected chi connectivity index (χ2v) is 5.68. The molecule has 0 atom stereocenters. The van der Waals surface area contributed by atoms with E-state index in [1.807, 2.05) is 0 Å². The second kappa shape index (κ2) is 5.13. The summed E-state index contributed by atoms with van der Waals surface area (Å²) in [4.78, 5) is 0. The van der Waals surface area contributed by atoms with Crippen LogP contribution in [0, 0.1) is 11.3 Å². The molecule has 0 unspecified atom stereocenters. The minimum absolute atomic E-state index is 0.429. The van der Waals surface area contributed by atoms with Gasteiger partial charge in [0.25, 0.3) is 0 Å². The lowest BCUT2D eigenvalue weighted by Gasteiger charge is -2.23. The van der Waals surface area contributed by atoms with E-state index in [0.717, 1.165) is 13.1 Å². The fourth-order valence-electron chi connectivity index (χ4n) is 0.977. The van der Waals surface area contributed by atoms with Gasteiger partial charge < -0.3 is 0 Å². The first-order valence-corrected chi connectivity index (χ1v) is 5.15. The molecule has 0 saturated carbocycles. The van der Waals surface area contributed by atoms with Crippen molar-refractivity contribution in [2.75, 3.05) is 13.1 Å². The van der Waals surface area contributed by atoms with Gasteiger partial charge in [0, 0.05) is 13.1 Å². The van der Waals surface area contributed by atoms with E-state index in [-0.39, 0.29) is 0 Å². The zero-order valence-electron chi connectivity index (χ0n) is 9.09. The summed E-state index contributed by atoms with van der Waals surface area (Å²) in [6, 6.07) is 0. The second-order valence-electron chi connectivity index (χ2n) is 5.12. The molecular weight excluding hydrogens is 166 g/mol. The molecule has 0 aromatic rings. The highest BCUT2D eigenvalue weighted by molar-refractivity contribution is 7.77. The van der Waals surface area contributed by atoms with Gasteiger partial charge in [-0.15, -0.1) is 0 Å². The van der Waals surface area contributed by atoms with E-state index in [1.165, 1.54) is 6.42 Å². The van der Waals surface area contributed by atoms with Gasteiger partial charge >= 0.3 is 0 Å². The minimum atomic E-state index is 0.429. The van der Waals surface area contributed by atoms with E-state index >= 15 is 0 Å². The Labute approximate surface area is 83.1 Å². The van der Waals surface area contributed by atoms with Crippen LogP contribution in [-0.2, 0) is 0 Å². The first kappa shape index (κ1) is 12.3.